The summed E-state index contributed by atoms with van der Waals surface area (Å²) in [4.78, 5) is 0. The van der Waals surface area contributed by atoms with E-state index in [1.54, 1.807) is 24.3 Å². The third kappa shape index (κ3) is 5.96. The Morgan fingerprint density at radius 2 is 1.67 bits per heavy atom. The zero-order valence-corrected chi connectivity index (χ0v) is 15.8. The minimum Gasteiger partial charge on any atom is -0.494 e. The molecule has 0 saturated heterocycles. The SMILES string of the molecule is CCCCCCCOc1ccc(-c2ccc(OC(C)C#N)c(F)c2F)cc1. The molecule has 0 spiro atoms. The first-order chi connectivity index (χ1) is 13.1. The molecule has 1 unspecified atom stereocenters. The van der Waals surface area contributed by atoms with E-state index in [0.717, 1.165) is 12.8 Å². The van der Waals surface area contributed by atoms with Crippen LogP contribution in [-0.2, 0) is 0 Å². The predicted molar refractivity (Wildman–Crippen MR) is 102 cm³/mol. The van der Waals surface area contributed by atoms with E-state index in [2.05, 4.69) is 6.92 Å². The van der Waals surface area contributed by atoms with Gasteiger partial charge in [0.15, 0.2) is 17.7 Å². The van der Waals surface area contributed by atoms with Gasteiger partial charge in [-0.25, -0.2) is 4.39 Å². The Labute approximate surface area is 159 Å². The van der Waals surface area contributed by atoms with Gasteiger partial charge in [-0.05, 0) is 43.2 Å². The third-order valence-corrected chi connectivity index (χ3v) is 4.21. The fourth-order valence-corrected chi connectivity index (χ4v) is 2.69. The highest BCUT2D eigenvalue weighted by atomic mass is 19.2. The second-order valence-corrected chi connectivity index (χ2v) is 6.42. The summed E-state index contributed by atoms with van der Waals surface area (Å²) in [6, 6.07) is 11.5. The first-order valence-electron chi connectivity index (χ1n) is 9.34. The summed E-state index contributed by atoms with van der Waals surface area (Å²) in [5.41, 5.74) is 0.678. The molecule has 2 rings (SSSR count). The fourth-order valence-electron chi connectivity index (χ4n) is 2.69. The normalized spacial score (nSPS) is 11.7. The van der Waals surface area contributed by atoms with Gasteiger partial charge in [0.2, 0.25) is 5.82 Å². The Balaban J connectivity index is 2.00. The summed E-state index contributed by atoms with van der Waals surface area (Å²) < 4.78 is 39.3. The number of rotatable bonds is 10. The summed E-state index contributed by atoms with van der Waals surface area (Å²) in [6.07, 6.45) is 4.97. The Bertz CT molecular complexity index is 769. The lowest BCUT2D eigenvalue weighted by molar-refractivity contribution is 0.259. The van der Waals surface area contributed by atoms with Gasteiger partial charge >= 0.3 is 0 Å². The predicted octanol–water partition coefficient (Wildman–Crippen LogP) is 6.27. The highest BCUT2D eigenvalue weighted by Crippen LogP contribution is 2.31. The number of nitrogens with zero attached hydrogens (tertiary/aromatic N) is 1. The Morgan fingerprint density at radius 1 is 0.963 bits per heavy atom. The number of benzene rings is 2. The molecule has 0 N–H and O–H groups in total. The van der Waals surface area contributed by atoms with Gasteiger partial charge in [0, 0.05) is 5.56 Å². The molecule has 0 fully saturated rings. The molecule has 27 heavy (non-hydrogen) atoms. The van der Waals surface area contributed by atoms with E-state index in [4.69, 9.17) is 14.7 Å². The first-order valence-corrected chi connectivity index (χ1v) is 9.34. The van der Waals surface area contributed by atoms with Crippen LogP contribution in [0.1, 0.15) is 46.0 Å². The Hall–Kier alpha value is -2.61. The quantitative estimate of drug-likeness (QED) is 0.461. The highest BCUT2D eigenvalue weighted by molar-refractivity contribution is 5.66. The minimum atomic E-state index is -1.10. The first kappa shape index (κ1) is 20.7. The van der Waals surface area contributed by atoms with Crippen LogP contribution >= 0.6 is 0 Å². The molecule has 0 aliphatic heterocycles. The number of nitriles is 1. The van der Waals surface area contributed by atoms with Crippen LogP contribution < -0.4 is 9.47 Å². The lowest BCUT2D eigenvalue weighted by Crippen LogP contribution is -2.10. The monoisotopic (exact) mass is 373 g/mol. The van der Waals surface area contributed by atoms with Gasteiger partial charge in [0.1, 0.15) is 11.8 Å². The molecular weight excluding hydrogens is 348 g/mol. The van der Waals surface area contributed by atoms with Gasteiger partial charge in [0.05, 0.1) is 6.61 Å². The minimum absolute atomic E-state index is 0.135. The summed E-state index contributed by atoms with van der Waals surface area (Å²) in [6.45, 7) is 4.29. The molecule has 0 saturated carbocycles. The second kappa shape index (κ2) is 10.5. The molecule has 0 bridgehead atoms. The summed E-state index contributed by atoms with van der Waals surface area (Å²) in [5.74, 6) is -1.66. The molecular formula is C22H25F2NO2. The van der Waals surface area contributed by atoms with Crippen LogP contribution in [0.3, 0.4) is 0 Å². The van der Waals surface area contributed by atoms with E-state index in [1.807, 2.05) is 6.07 Å². The smallest absolute Gasteiger partial charge is 0.201 e. The molecule has 5 heteroatoms. The topological polar surface area (TPSA) is 42.2 Å². The van der Waals surface area contributed by atoms with Crippen molar-refractivity contribution in [1.82, 2.24) is 0 Å². The van der Waals surface area contributed by atoms with Crippen molar-refractivity contribution in [2.24, 2.45) is 0 Å². The molecule has 3 nitrogen and oxygen atoms in total. The van der Waals surface area contributed by atoms with Crippen molar-refractivity contribution in [3.05, 3.63) is 48.0 Å². The van der Waals surface area contributed by atoms with Crippen LogP contribution in [0, 0.1) is 23.0 Å². The molecule has 0 amide bonds. The van der Waals surface area contributed by atoms with E-state index < -0.39 is 17.7 Å². The average molecular weight is 373 g/mol. The summed E-state index contributed by atoms with van der Waals surface area (Å²) in [7, 11) is 0. The van der Waals surface area contributed by atoms with Gasteiger partial charge in [-0.2, -0.15) is 9.65 Å². The number of halogens is 2. The lowest BCUT2D eigenvalue weighted by Gasteiger charge is -2.12. The van der Waals surface area contributed by atoms with Crippen molar-refractivity contribution in [1.29, 1.82) is 5.26 Å². The molecule has 0 aromatic heterocycles. The average Bonchev–Trinajstić information content (AvgIpc) is 2.69. The van der Waals surface area contributed by atoms with E-state index in [-0.39, 0.29) is 11.3 Å². The van der Waals surface area contributed by atoms with E-state index in [0.29, 0.717) is 17.9 Å². The van der Waals surface area contributed by atoms with Crippen LogP contribution in [0.2, 0.25) is 0 Å². The summed E-state index contributed by atoms with van der Waals surface area (Å²) in [5, 5.41) is 8.73. The van der Waals surface area contributed by atoms with Crippen molar-refractivity contribution in [3.63, 3.8) is 0 Å². The number of hydrogen-bond acceptors (Lipinski definition) is 3. The zero-order valence-electron chi connectivity index (χ0n) is 15.8. The van der Waals surface area contributed by atoms with Crippen LogP contribution in [0.25, 0.3) is 11.1 Å². The Morgan fingerprint density at radius 3 is 2.33 bits per heavy atom. The van der Waals surface area contributed by atoms with Gasteiger partial charge in [-0.3, -0.25) is 0 Å². The molecule has 0 aliphatic rings. The molecule has 0 radical (unpaired) electrons. The van der Waals surface area contributed by atoms with E-state index >= 15 is 0 Å². The molecule has 2 aromatic carbocycles. The molecule has 1 atom stereocenters. The molecule has 2 aromatic rings. The van der Waals surface area contributed by atoms with Crippen molar-refractivity contribution in [2.75, 3.05) is 6.61 Å². The maximum absolute atomic E-state index is 14.4. The van der Waals surface area contributed by atoms with Crippen LogP contribution in [0.15, 0.2) is 36.4 Å². The van der Waals surface area contributed by atoms with Crippen molar-refractivity contribution in [3.8, 4) is 28.7 Å². The number of ether oxygens (including phenoxy) is 2. The van der Waals surface area contributed by atoms with Crippen molar-refractivity contribution in [2.45, 2.75) is 52.1 Å². The van der Waals surface area contributed by atoms with Crippen molar-refractivity contribution >= 4 is 0 Å². The summed E-state index contributed by atoms with van der Waals surface area (Å²) >= 11 is 0. The van der Waals surface area contributed by atoms with Crippen LogP contribution in [0.4, 0.5) is 8.78 Å². The van der Waals surface area contributed by atoms with Crippen molar-refractivity contribution < 1.29 is 18.3 Å². The largest absolute Gasteiger partial charge is 0.494 e. The van der Waals surface area contributed by atoms with Gasteiger partial charge in [-0.1, -0.05) is 44.7 Å². The van der Waals surface area contributed by atoms with Crippen LogP contribution in [-0.4, -0.2) is 12.7 Å². The van der Waals surface area contributed by atoms with E-state index in [9.17, 15) is 8.78 Å². The van der Waals surface area contributed by atoms with E-state index in [1.165, 1.54) is 38.3 Å². The van der Waals surface area contributed by atoms with Gasteiger partial charge < -0.3 is 9.47 Å². The third-order valence-electron chi connectivity index (χ3n) is 4.21. The molecule has 0 heterocycles. The zero-order chi connectivity index (χ0) is 19.6. The standard InChI is InChI=1S/C22H25F2NO2/c1-3-4-5-6-7-14-26-18-10-8-17(9-11-18)19-12-13-20(22(24)21(19)23)27-16(2)15-25/h8-13,16H,3-7,14H2,1-2H3. The van der Waals surface area contributed by atoms with Crippen LogP contribution in [0.5, 0.6) is 11.5 Å². The fraction of sp³-hybridized carbons (Fsp3) is 0.409. The maximum atomic E-state index is 14.4. The molecule has 0 aliphatic carbocycles. The Kier molecular flexibility index (Phi) is 8.06. The van der Waals surface area contributed by atoms with Gasteiger partial charge in [-0.15, -0.1) is 0 Å². The van der Waals surface area contributed by atoms with Gasteiger partial charge in [0.25, 0.3) is 0 Å². The second-order valence-electron chi connectivity index (χ2n) is 6.42. The molecule has 144 valence electrons. The highest BCUT2D eigenvalue weighted by Gasteiger charge is 2.17. The number of unbranched alkanes of at least 4 members (excludes halogenated alkanes) is 4. The number of hydrogen-bond donors (Lipinski definition) is 0. The lowest BCUT2D eigenvalue weighted by atomic mass is 10.0. The maximum Gasteiger partial charge on any atom is 0.201 e.